The first-order chi connectivity index (χ1) is 12.0. The van der Waals surface area contributed by atoms with Crippen LogP contribution in [0.2, 0.25) is 0 Å². The van der Waals surface area contributed by atoms with Crippen molar-refractivity contribution in [1.29, 1.82) is 0 Å². The molecule has 0 aromatic heterocycles. The van der Waals surface area contributed by atoms with E-state index in [-0.39, 0.29) is 29.9 Å². The lowest BCUT2D eigenvalue weighted by atomic mass is 10.2. The fourth-order valence-electron chi connectivity index (χ4n) is 3.06. The van der Waals surface area contributed by atoms with Gasteiger partial charge < -0.3 is 16.4 Å². The summed E-state index contributed by atoms with van der Waals surface area (Å²) < 4.78 is 0.998. The van der Waals surface area contributed by atoms with Gasteiger partial charge in [-0.3, -0.25) is 14.7 Å². The number of carbonyl (C=O) groups excluding carboxylic acids is 1. The third-order valence-electron chi connectivity index (χ3n) is 4.50. The number of aliphatic imine (C=N–C) groups is 1. The number of nitrogens with two attached hydrogens (primary N) is 1. The van der Waals surface area contributed by atoms with Gasteiger partial charge in [-0.15, -0.1) is 24.0 Å². The lowest BCUT2D eigenvalue weighted by Gasteiger charge is -2.20. The number of hydrogen-bond acceptors (Lipinski definition) is 3. The molecule has 1 unspecified atom stereocenters. The quantitative estimate of drug-likeness (QED) is 0.283. The lowest BCUT2D eigenvalue weighted by Crippen LogP contribution is -2.36. The Balaban J connectivity index is 0.00000338. The van der Waals surface area contributed by atoms with Gasteiger partial charge in [-0.2, -0.15) is 0 Å². The number of anilines is 1. The van der Waals surface area contributed by atoms with Crippen LogP contribution in [0.25, 0.3) is 0 Å². The summed E-state index contributed by atoms with van der Waals surface area (Å²) in [5.74, 6) is 0.370. The number of rotatable bonds is 7. The minimum absolute atomic E-state index is 0. The van der Waals surface area contributed by atoms with Crippen LogP contribution in [0, 0.1) is 6.92 Å². The van der Waals surface area contributed by atoms with Gasteiger partial charge in [-0.1, -0.05) is 22.9 Å². The van der Waals surface area contributed by atoms with Crippen LogP contribution in [0.1, 0.15) is 31.7 Å². The largest absolute Gasteiger partial charge is 0.370 e. The van der Waals surface area contributed by atoms with E-state index in [9.17, 15) is 4.79 Å². The second-order valence-electron chi connectivity index (χ2n) is 6.33. The fourth-order valence-corrected chi connectivity index (χ4v) is 3.54. The van der Waals surface area contributed by atoms with E-state index in [2.05, 4.69) is 43.4 Å². The summed E-state index contributed by atoms with van der Waals surface area (Å²) in [7, 11) is 0. The number of hydrogen-bond donors (Lipinski definition) is 3. The molecule has 0 bridgehead atoms. The molecule has 8 heteroatoms. The van der Waals surface area contributed by atoms with Crippen molar-refractivity contribution >= 4 is 57.5 Å². The van der Waals surface area contributed by atoms with E-state index in [1.165, 1.54) is 12.8 Å². The zero-order valence-electron chi connectivity index (χ0n) is 15.4. The Morgan fingerprint density at radius 2 is 2.23 bits per heavy atom. The summed E-state index contributed by atoms with van der Waals surface area (Å²) in [6.45, 7) is 7.54. The van der Waals surface area contributed by atoms with Crippen molar-refractivity contribution < 1.29 is 4.79 Å². The molecular formula is C18H29BrIN5O. The van der Waals surface area contributed by atoms with Crippen LogP contribution < -0.4 is 16.4 Å². The maximum Gasteiger partial charge on any atom is 0.226 e. The van der Waals surface area contributed by atoms with Crippen molar-refractivity contribution in [3.63, 3.8) is 0 Å². The first-order valence-electron chi connectivity index (χ1n) is 8.83. The molecule has 6 nitrogen and oxygen atoms in total. The molecule has 0 radical (unpaired) electrons. The predicted molar refractivity (Wildman–Crippen MR) is 122 cm³/mol. The van der Waals surface area contributed by atoms with Crippen LogP contribution in [0.4, 0.5) is 5.69 Å². The summed E-state index contributed by atoms with van der Waals surface area (Å²) in [5, 5.41) is 5.93. The SMILES string of the molecule is CCN1CCCC1CN=C(N)NCCC(=O)Nc1ccc(Br)cc1C.I. The van der Waals surface area contributed by atoms with Gasteiger partial charge in [-0.05, 0) is 56.6 Å². The number of aryl methyl sites for hydroxylation is 1. The highest BCUT2D eigenvalue weighted by Gasteiger charge is 2.22. The van der Waals surface area contributed by atoms with Crippen molar-refractivity contribution in [1.82, 2.24) is 10.2 Å². The Hall–Kier alpha value is -0.870. The molecule has 146 valence electrons. The third kappa shape index (κ3) is 7.40. The van der Waals surface area contributed by atoms with Gasteiger partial charge in [0.05, 0.1) is 6.54 Å². The minimum atomic E-state index is -0.0429. The van der Waals surface area contributed by atoms with Gasteiger partial charge in [0.2, 0.25) is 5.91 Å². The maximum absolute atomic E-state index is 12.0. The molecule has 1 aromatic carbocycles. The number of benzene rings is 1. The van der Waals surface area contributed by atoms with Crippen molar-refractivity contribution in [2.75, 3.05) is 31.5 Å². The van der Waals surface area contributed by atoms with E-state index in [1.807, 2.05) is 25.1 Å². The summed E-state index contributed by atoms with van der Waals surface area (Å²) in [6.07, 6.45) is 2.76. The lowest BCUT2D eigenvalue weighted by molar-refractivity contribution is -0.116. The summed E-state index contributed by atoms with van der Waals surface area (Å²) in [5.41, 5.74) is 7.75. The van der Waals surface area contributed by atoms with Crippen molar-refractivity contribution in [2.45, 2.75) is 39.2 Å². The Morgan fingerprint density at radius 3 is 2.92 bits per heavy atom. The van der Waals surface area contributed by atoms with Crippen LogP contribution in [-0.2, 0) is 4.79 Å². The molecule has 1 atom stereocenters. The van der Waals surface area contributed by atoms with Crippen LogP contribution in [0.5, 0.6) is 0 Å². The van der Waals surface area contributed by atoms with E-state index in [0.717, 1.165) is 35.4 Å². The molecule has 26 heavy (non-hydrogen) atoms. The van der Waals surface area contributed by atoms with Gasteiger partial charge in [0.15, 0.2) is 5.96 Å². The highest BCUT2D eigenvalue weighted by Crippen LogP contribution is 2.20. The zero-order chi connectivity index (χ0) is 18.2. The van der Waals surface area contributed by atoms with Crippen LogP contribution in [0.3, 0.4) is 0 Å². The summed E-state index contributed by atoms with van der Waals surface area (Å²) in [4.78, 5) is 18.9. The predicted octanol–water partition coefficient (Wildman–Crippen LogP) is 3.09. The number of likely N-dealkylation sites (tertiary alicyclic amines) is 1. The highest BCUT2D eigenvalue weighted by atomic mass is 127. The first-order valence-corrected chi connectivity index (χ1v) is 9.62. The number of nitrogens with one attached hydrogen (secondary N) is 2. The Morgan fingerprint density at radius 1 is 1.46 bits per heavy atom. The van der Waals surface area contributed by atoms with Gasteiger partial charge in [0, 0.05) is 29.2 Å². The third-order valence-corrected chi connectivity index (χ3v) is 4.99. The highest BCUT2D eigenvalue weighted by molar-refractivity contribution is 14.0. The van der Waals surface area contributed by atoms with Gasteiger partial charge in [0.1, 0.15) is 0 Å². The average molecular weight is 538 g/mol. The molecule has 1 aromatic rings. The van der Waals surface area contributed by atoms with Gasteiger partial charge in [0.25, 0.3) is 0 Å². The minimum Gasteiger partial charge on any atom is -0.370 e. The van der Waals surface area contributed by atoms with E-state index in [1.54, 1.807) is 0 Å². The van der Waals surface area contributed by atoms with Crippen LogP contribution in [-0.4, -0.2) is 49.0 Å². The van der Waals surface area contributed by atoms with E-state index >= 15 is 0 Å². The number of likely N-dealkylation sites (N-methyl/N-ethyl adjacent to an activating group) is 1. The van der Waals surface area contributed by atoms with E-state index in [4.69, 9.17) is 5.73 Å². The van der Waals surface area contributed by atoms with Gasteiger partial charge in [-0.25, -0.2) is 0 Å². The van der Waals surface area contributed by atoms with Crippen LogP contribution in [0.15, 0.2) is 27.7 Å². The molecule has 0 saturated carbocycles. The normalized spacial score (nSPS) is 17.7. The Labute approximate surface area is 181 Å². The number of amides is 1. The number of guanidine groups is 1. The monoisotopic (exact) mass is 537 g/mol. The molecular weight excluding hydrogens is 509 g/mol. The van der Waals surface area contributed by atoms with Crippen molar-refractivity contribution in [2.24, 2.45) is 10.7 Å². The fraction of sp³-hybridized carbons (Fsp3) is 0.556. The molecule has 1 fully saturated rings. The molecule has 4 N–H and O–H groups in total. The smallest absolute Gasteiger partial charge is 0.226 e. The number of carbonyl (C=O) groups is 1. The molecule has 2 rings (SSSR count). The summed E-state index contributed by atoms with van der Waals surface area (Å²) in [6, 6.07) is 6.27. The second-order valence-corrected chi connectivity index (χ2v) is 7.25. The molecule has 1 aliphatic heterocycles. The molecule has 0 aliphatic carbocycles. The zero-order valence-corrected chi connectivity index (χ0v) is 19.3. The number of halogens is 2. The van der Waals surface area contributed by atoms with Crippen molar-refractivity contribution in [3.05, 3.63) is 28.2 Å². The van der Waals surface area contributed by atoms with E-state index < -0.39 is 0 Å². The standard InChI is InChI=1S/C18H28BrN5O.HI/c1-3-24-10-4-5-15(24)12-22-18(20)21-9-8-17(25)23-16-7-6-14(19)11-13(16)2;/h6-7,11,15H,3-5,8-10,12H2,1-2H3,(H,23,25)(H3,20,21,22);1H. The van der Waals surface area contributed by atoms with Crippen LogP contribution >= 0.6 is 39.9 Å². The molecule has 1 heterocycles. The first kappa shape index (κ1) is 23.2. The maximum atomic E-state index is 12.0. The summed E-state index contributed by atoms with van der Waals surface area (Å²) >= 11 is 3.41. The average Bonchev–Trinajstić information content (AvgIpc) is 3.03. The molecule has 1 saturated heterocycles. The molecule has 1 amide bonds. The number of nitrogens with zero attached hydrogens (tertiary/aromatic N) is 2. The topological polar surface area (TPSA) is 82.8 Å². The van der Waals surface area contributed by atoms with E-state index in [0.29, 0.717) is 25.0 Å². The Bertz CT molecular complexity index is 626. The molecule has 0 spiro atoms. The second kappa shape index (κ2) is 11.8. The van der Waals surface area contributed by atoms with Gasteiger partial charge >= 0.3 is 0 Å². The van der Waals surface area contributed by atoms with Crippen molar-refractivity contribution in [3.8, 4) is 0 Å². The molecule has 1 aliphatic rings. The Kier molecular flexibility index (Phi) is 10.5.